The smallest absolute Gasteiger partial charge is 0.222 e. The van der Waals surface area contributed by atoms with Crippen LogP contribution >= 0.6 is 15.9 Å². The number of hydrogen-bond donors (Lipinski definition) is 0. The molecule has 0 saturated carbocycles. The minimum atomic E-state index is 0.220. The largest absolute Gasteiger partial charge is 0.378 e. The molecule has 1 amide bonds. The molecule has 1 aliphatic rings. The third-order valence-corrected chi connectivity index (χ3v) is 3.92. The van der Waals surface area contributed by atoms with E-state index in [1.54, 1.807) is 0 Å². The molecule has 4 heteroatoms. The summed E-state index contributed by atoms with van der Waals surface area (Å²) in [5.41, 5.74) is 0. The van der Waals surface area contributed by atoms with E-state index in [0.29, 0.717) is 12.5 Å². The molecule has 2 atom stereocenters. The summed E-state index contributed by atoms with van der Waals surface area (Å²) in [6, 6.07) is 0.266. The normalized spacial score (nSPS) is 22.7. The van der Waals surface area contributed by atoms with Crippen molar-refractivity contribution < 1.29 is 9.53 Å². The number of alkyl halides is 1. The van der Waals surface area contributed by atoms with Gasteiger partial charge in [-0.1, -0.05) is 15.9 Å². The number of rotatable bonds is 5. The average molecular weight is 278 g/mol. The number of amides is 1. The molecule has 0 aliphatic carbocycles. The number of halogens is 1. The first-order chi connectivity index (χ1) is 7.15. The fourth-order valence-corrected chi connectivity index (χ4v) is 2.12. The molecule has 0 aromatic heterocycles. The number of hydrogen-bond acceptors (Lipinski definition) is 2. The predicted octanol–water partition coefficient (Wildman–Crippen LogP) is 2.19. The van der Waals surface area contributed by atoms with Crippen LogP contribution in [0, 0.1) is 0 Å². The van der Waals surface area contributed by atoms with Crippen LogP contribution in [-0.2, 0) is 9.53 Å². The van der Waals surface area contributed by atoms with Crippen molar-refractivity contribution in [3.8, 4) is 0 Å². The lowest BCUT2D eigenvalue weighted by molar-refractivity contribution is -0.131. The monoisotopic (exact) mass is 277 g/mol. The van der Waals surface area contributed by atoms with Gasteiger partial charge in [-0.15, -0.1) is 0 Å². The van der Waals surface area contributed by atoms with Gasteiger partial charge in [0.15, 0.2) is 0 Å². The van der Waals surface area contributed by atoms with Gasteiger partial charge >= 0.3 is 0 Å². The van der Waals surface area contributed by atoms with E-state index in [0.717, 1.165) is 31.2 Å². The van der Waals surface area contributed by atoms with E-state index in [9.17, 15) is 4.79 Å². The van der Waals surface area contributed by atoms with E-state index in [1.807, 2.05) is 18.9 Å². The van der Waals surface area contributed by atoms with Crippen molar-refractivity contribution in [2.24, 2.45) is 0 Å². The molecule has 15 heavy (non-hydrogen) atoms. The van der Waals surface area contributed by atoms with Gasteiger partial charge in [0, 0.05) is 31.4 Å². The van der Waals surface area contributed by atoms with Crippen LogP contribution in [0.4, 0.5) is 0 Å². The molecule has 2 unspecified atom stereocenters. The van der Waals surface area contributed by atoms with Gasteiger partial charge in [0.2, 0.25) is 5.91 Å². The van der Waals surface area contributed by atoms with Crippen LogP contribution in [-0.4, -0.2) is 41.9 Å². The number of nitrogens with zero attached hydrogens (tertiary/aromatic N) is 1. The first kappa shape index (κ1) is 13.0. The first-order valence-electron chi connectivity index (χ1n) is 5.58. The molecule has 88 valence electrons. The third-order valence-electron chi connectivity index (χ3n) is 2.98. The highest BCUT2D eigenvalue weighted by Crippen LogP contribution is 2.17. The topological polar surface area (TPSA) is 29.5 Å². The van der Waals surface area contributed by atoms with Crippen LogP contribution in [0.3, 0.4) is 0 Å². The summed E-state index contributed by atoms with van der Waals surface area (Å²) in [5, 5.41) is 0.829. The zero-order valence-electron chi connectivity index (χ0n) is 9.54. The number of carbonyl (C=O) groups excluding carboxylic acids is 1. The van der Waals surface area contributed by atoms with Crippen LogP contribution in [0.5, 0.6) is 0 Å². The van der Waals surface area contributed by atoms with E-state index in [1.165, 1.54) is 0 Å². The van der Waals surface area contributed by atoms with Crippen molar-refractivity contribution in [1.82, 2.24) is 4.90 Å². The minimum absolute atomic E-state index is 0.220. The van der Waals surface area contributed by atoms with Crippen molar-refractivity contribution in [3.05, 3.63) is 0 Å². The summed E-state index contributed by atoms with van der Waals surface area (Å²) < 4.78 is 5.49. The highest BCUT2D eigenvalue weighted by molar-refractivity contribution is 9.09. The van der Waals surface area contributed by atoms with Crippen molar-refractivity contribution in [3.63, 3.8) is 0 Å². The predicted molar refractivity (Wildman–Crippen MR) is 64.2 cm³/mol. The number of carbonyl (C=O) groups is 1. The second-order valence-electron chi connectivity index (χ2n) is 4.18. The Hall–Kier alpha value is -0.0900. The van der Waals surface area contributed by atoms with E-state index < -0.39 is 0 Å². The Morgan fingerprint density at radius 3 is 2.93 bits per heavy atom. The second kappa shape index (κ2) is 6.48. The summed E-state index contributed by atoms with van der Waals surface area (Å²) in [7, 11) is 1.86. The molecule has 0 aromatic carbocycles. The molecule has 1 heterocycles. The van der Waals surface area contributed by atoms with Crippen LogP contribution in [0.1, 0.15) is 32.6 Å². The maximum absolute atomic E-state index is 11.7. The highest BCUT2D eigenvalue weighted by atomic mass is 79.9. The van der Waals surface area contributed by atoms with Crippen molar-refractivity contribution >= 4 is 21.8 Å². The van der Waals surface area contributed by atoms with Crippen LogP contribution in [0.25, 0.3) is 0 Å². The van der Waals surface area contributed by atoms with Gasteiger partial charge < -0.3 is 9.64 Å². The van der Waals surface area contributed by atoms with Gasteiger partial charge in [0.25, 0.3) is 0 Å². The SMILES string of the molecule is CC(CBr)N(C)C(=O)CCC1CCCO1. The second-order valence-corrected chi connectivity index (χ2v) is 4.83. The summed E-state index contributed by atoms with van der Waals surface area (Å²) in [6.45, 7) is 2.91. The Kier molecular flexibility index (Phi) is 5.61. The van der Waals surface area contributed by atoms with Gasteiger partial charge in [-0.3, -0.25) is 4.79 Å². The van der Waals surface area contributed by atoms with E-state index in [-0.39, 0.29) is 11.9 Å². The Morgan fingerprint density at radius 2 is 2.40 bits per heavy atom. The van der Waals surface area contributed by atoms with Crippen molar-refractivity contribution in [2.45, 2.75) is 44.8 Å². The van der Waals surface area contributed by atoms with Crippen LogP contribution in [0.15, 0.2) is 0 Å². The molecular weight excluding hydrogens is 258 g/mol. The lowest BCUT2D eigenvalue weighted by Crippen LogP contribution is -2.36. The molecular formula is C11H20BrNO2. The molecule has 0 bridgehead atoms. The molecule has 0 N–H and O–H groups in total. The fraction of sp³-hybridized carbons (Fsp3) is 0.909. The van der Waals surface area contributed by atoms with Crippen LogP contribution < -0.4 is 0 Å². The lowest BCUT2D eigenvalue weighted by Gasteiger charge is -2.23. The summed E-state index contributed by atoms with van der Waals surface area (Å²) >= 11 is 3.38. The van der Waals surface area contributed by atoms with E-state index in [4.69, 9.17) is 4.74 Å². The Morgan fingerprint density at radius 1 is 1.67 bits per heavy atom. The lowest BCUT2D eigenvalue weighted by atomic mass is 10.1. The summed E-state index contributed by atoms with van der Waals surface area (Å²) in [4.78, 5) is 13.6. The van der Waals surface area contributed by atoms with Crippen molar-refractivity contribution in [2.75, 3.05) is 19.0 Å². The van der Waals surface area contributed by atoms with E-state index in [2.05, 4.69) is 15.9 Å². The first-order valence-corrected chi connectivity index (χ1v) is 6.70. The molecule has 1 saturated heterocycles. The standard InChI is InChI=1S/C11H20BrNO2/c1-9(8-12)13(2)11(14)6-5-10-4-3-7-15-10/h9-10H,3-8H2,1-2H3. The molecule has 0 spiro atoms. The maximum atomic E-state index is 11.7. The van der Waals surface area contributed by atoms with Gasteiger partial charge in [-0.25, -0.2) is 0 Å². The van der Waals surface area contributed by atoms with E-state index >= 15 is 0 Å². The molecule has 1 rings (SSSR count). The van der Waals surface area contributed by atoms with Gasteiger partial charge in [0.1, 0.15) is 0 Å². The molecule has 3 nitrogen and oxygen atoms in total. The third kappa shape index (κ3) is 4.11. The number of ether oxygens (including phenoxy) is 1. The Bertz CT molecular complexity index is 205. The average Bonchev–Trinajstić information content (AvgIpc) is 2.76. The van der Waals surface area contributed by atoms with Gasteiger partial charge in [-0.2, -0.15) is 0 Å². The zero-order chi connectivity index (χ0) is 11.3. The fourth-order valence-electron chi connectivity index (χ4n) is 1.68. The molecule has 0 radical (unpaired) electrons. The Labute approximate surface area is 100 Å². The Balaban J connectivity index is 2.22. The van der Waals surface area contributed by atoms with Crippen molar-refractivity contribution in [1.29, 1.82) is 0 Å². The summed E-state index contributed by atoms with van der Waals surface area (Å²) in [6.07, 6.45) is 4.07. The zero-order valence-corrected chi connectivity index (χ0v) is 11.1. The van der Waals surface area contributed by atoms with Gasteiger partial charge in [-0.05, 0) is 26.2 Å². The quantitative estimate of drug-likeness (QED) is 0.721. The highest BCUT2D eigenvalue weighted by Gasteiger charge is 2.19. The molecule has 1 fully saturated rings. The van der Waals surface area contributed by atoms with Crippen LogP contribution in [0.2, 0.25) is 0 Å². The molecule has 0 aromatic rings. The molecule has 1 aliphatic heterocycles. The van der Waals surface area contributed by atoms with Gasteiger partial charge in [0.05, 0.1) is 6.10 Å². The maximum Gasteiger partial charge on any atom is 0.222 e. The minimum Gasteiger partial charge on any atom is -0.378 e. The summed E-state index contributed by atoms with van der Waals surface area (Å²) in [5.74, 6) is 0.220.